The van der Waals surface area contributed by atoms with E-state index in [4.69, 9.17) is 11.6 Å². The smallest absolute Gasteiger partial charge is 0.277 e. The van der Waals surface area contributed by atoms with Gasteiger partial charge in [-0.25, -0.2) is 8.42 Å². The molecule has 0 aliphatic carbocycles. The summed E-state index contributed by atoms with van der Waals surface area (Å²) in [5.41, 5.74) is -1.31. The third-order valence-electron chi connectivity index (χ3n) is 2.35. The fourth-order valence-corrected chi connectivity index (χ4v) is 4.72. The number of anilines is 1. The van der Waals surface area contributed by atoms with Crippen molar-refractivity contribution in [3.05, 3.63) is 44.7 Å². The zero-order valence-corrected chi connectivity index (χ0v) is 13.9. The van der Waals surface area contributed by atoms with Crippen molar-refractivity contribution in [2.24, 2.45) is 0 Å². The van der Waals surface area contributed by atoms with E-state index in [0.717, 1.165) is 23.5 Å². The lowest BCUT2D eigenvalue weighted by Crippen LogP contribution is -2.13. The van der Waals surface area contributed by atoms with E-state index in [1.54, 1.807) is 0 Å². The molecule has 0 saturated carbocycles. The van der Waals surface area contributed by atoms with E-state index in [1.165, 1.54) is 12.1 Å². The van der Waals surface area contributed by atoms with E-state index < -0.39 is 21.8 Å². The summed E-state index contributed by atoms with van der Waals surface area (Å²) in [5, 5.41) is -0.123. The second-order valence-corrected chi connectivity index (χ2v) is 8.64. The highest BCUT2D eigenvalue weighted by Gasteiger charge is 2.31. The minimum absolute atomic E-state index is 0.0390. The lowest BCUT2D eigenvalue weighted by atomic mass is 10.2. The van der Waals surface area contributed by atoms with E-state index in [0.29, 0.717) is 9.85 Å². The average molecular weight is 421 g/mol. The zero-order chi connectivity index (χ0) is 15.8. The molecule has 2 aromatic rings. The fourth-order valence-electron chi connectivity index (χ4n) is 1.42. The number of thiophene rings is 1. The van der Waals surface area contributed by atoms with Gasteiger partial charge in [0.2, 0.25) is 0 Å². The molecule has 10 heteroatoms. The van der Waals surface area contributed by atoms with Crippen LogP contribution in [-0.4, -0.2) is 8.42 Å². The van der Waals surface area contributed by atoms with Crippen LogP contribution < -0.4 is 4.72 Å². The Kier molecular flexibility index (Phi) is 4.57. The quantitative estimate of drug-likeness (QED) is 0.761. The van der Waals surface area contributed by atoms with Crippen molar-refractivity contribution in [2.75, 3.05) is 4.72 Å². The predicted octanol–water partition coefficient (Wildman–Crippen LogP) is 4.98. The Morgan fingerprint density at radius 2 is 1.86 bits per heavy atom. The third-order valence-corrected chi connectivity index (χ3v) is 6.16. The van der Waals surface area contributed by atoms with Crippen LogP contribution >= 0.6 is 38.9 Å². The van der Waals surface area contributed by atoms with Gasteiger partial charge in [-0.3, -0.25) is 4.72 Å². The van der Waals surface area contributed by atoms with Crippen LogP contribution in [0.5, 0.6) is 0 Å². The van der Waals surface area contributed by atoms with Gasteiger partial charge < -0.3 is 0 Å². The first kappa shape index (κ1) is 16.6. The van der Waals surface area contributed by atoms with E-state index >= 15 is 0 Å². The van der Waals surface area contributed by atoms with Gasteiger partial charge in [-0.05, 0) is 46.3 Å². The molecule has 2 rings (SSSR count). The number of halogens is 5. The van der Waals surface area contributed by atoms with Crippen LogP contribution in [0.4, 0.5) is 18.9 Å². The minimum atomic E-state index is -4.59. The minimum Gasteiger partial charge on any atom is -0.277 e. The molecule has 0 spiro atoms. The van der Waals surface area contributed by atoms with Gasteiger partial charge in [0.05, 0.1) is 20.1 Å². The normalized spacial score (nSPS) is 12.4. The first-order valence-electron chi connectivity index (χ1n) is 5.24. The molecule has 3 nitrogen and oxygen atoms in total. The summed E-state index contributed by atoms with van der Waals surface area (Å²) in [6, 6.07) is 5.28. The van der Waals surface area contributed by atoms with Crippen molar-refractivity contribution >= 4 is 54.6 Å². The topological polar surface area (TPSA) is 46.2 Å². The third kappa shape index (κ3) is 3.91. The highest BCUT2D eigenvalue weighted by molar-refractivity contribution is 9.11. The standard InChI is InChI=1S/C11H6BrClF3NO2S2/c12-9-3-4-10(20-9)21(18,19)17-8-5-6(11(14,15)16)1-2-7(8)13/h1-5,17H. The maximum absolute atomic E-state index is 12.6. The molecule has 1 aromatic carbocycles. The van der Waals surface area contributed by atoms with E-state index in [2.05, 4.69) is 20.7 Å². The predicted molar refractivity (Wildman–Crippen MR) is 79.3 cm³/mol. The number of hydrogen-bond acceptors (Lipinski definition) is 3. The van der Waals surface area contributed by atoms with Crippen LogP contribution in [0.1, 0.15) is 5.56 Å². The summed E-state index contributed by atoms with van der Waals surface area (Å²) in [6.07, 6.45) is -4.59. The summed E-state index contributed by atoms with van der Waals surface area (Å²) in [6.45, 7) is 0. The summed E-state index contributed by atoms with van der Waals surface area (Å²) in [7, 11) is -3.99. The van der Waals surface area contributed by atoms with Crippen molar-refractivity contribution in [3.63, 3.8) is 0 Å². The Bertz CT molecular complexity index is 774. The number of alkyl halides is 3. The monoisotopic (exact) mass is 419 g/mol. The van der Waals surface area contributed by atoms with E-state index in [-0.39, 0.29) is 14.9 Å². The molecule has 0 saturated heterocycles. The maximum atomic E-state index is 12.6. The first-order chi connectivity index (χ1) is 9.59. The van der Waals surface area contributed by atoms with Gasteiger partial charge in [0.15, 0.2) is 0 Å². The van der Waals surface area contributed by atoms with Crippen LogP contribution in [0.25, 0.3) is 0 Å². The summed E-state index contributed by atoms with van der Waals surface area (Å²) < 4.78 is 64.6. The van der Waals surface area contributed by atoms with Crippen molar-refractivity contribution in [1.82, 2.24) is 0 Å². The molecule has 1 N–H and O–H groups in total. The molecule has 21 heavy (non-hydrogen) atoms. The molecule has 1 aromatic heterocycles. The molecule has 0 unspecified atom stereocenters. The fraction of sp³-hybridized carbons (Fsp3) is 0.0909. The molecular weight excluding hydrogens is 415 g/mol. The Balaban J connectivity index is 2.39. The number of hydrogen-bond donors (Lipinski definition) is 1. The Hall–Kier alpha value is -0.770. The highest BCUT2D eigenvalue weighted by atomic mass is 79.9. The van der Waals surface area contributed by atoms with Gasteiger partial charge in [-0.2, -0.15) is 13.2 Å². The molecule has 0 bridgehead atoms. The largest absolute Gasteiger partial charge is 0.416 e. The molecule has 0 aliphatic heterocycles. The molecule has 1 heterocycles. The Morgan fingerprint density at radius 3 is 2.38 bits per heavy atom. The van der Waals surface area contributed by atoms with Gasteiger partial charge in [-0.1, -0.05) is 11.6 Å². The van der Waals surface area contributed by atoms with Gasteiger partial charge in [0.25, 0.3) is 10.0 Å². The number of nitrogens with one attached hydrogen (secondary N) is 1. The molecule has 0 radical (unpaired) electrons. The lowest BCUT2D eigenvalue weighted by molar-refractivity contribution is -0.137. The zero-order valence-electron chi connectivity index (χ0n) is 9.91. The first-order valence-corrected chi connectivity index (χ1v) is 8.71. The maximum Gasteiger partial charge on any atom is 0.416 e. The van der Waals surface area contributed by atoms with E-state index in [1.807, 2.05) is 0 Å². The molecule has 0 aliphatic rings. The van der Waals surface area contributed by atoms with Crippen molar-refractivity contribution < 1.29 is 21.6 Å². The second-order valence-electron chi connectivity index (χ2n) is 3.86. The molecule has 114 valence electrons. The molecule has 0 amide bonds. The molecular formula is C11H6BrClF3NO2S2. The van der Waals surface area contributed by atoms with Gasteiger partial charge in [-0.15, -0.1) is 11.3 Å². The van der Waals surface area contributed by atoms with Gasteiger partial charge in [0.1, 0.15) is 4.21 Å². The second kappa shape index (κ2) is 5.79. The number of benzene rings is 1. The lowest BCUT2D eigenvalue weighted by Gasteiger charge is -2.12. The van der Waals surface area contributed by atoms with Gasteiger partial charge in [0, 0.05) is 0 Å². The van der Waals surface area contributed by atoms with Crippen molar-refractivity contribution in [1.29, 1.82) is 0 Å². The van der Waals surface area contributed by atoms with Crippen LogP contribution in [-0.2, 0) is 16.2 Å². The average Bonchev–Trinajstić information content (AvgIpc) is 2.78. The summed E-state index contributed by atoms with van der Waals surface area (Å²) >= 11 is 9.79. The number of sulfonamides is 1. The summed E-state index contributed by atoms with van der Waals surface area (Å²) in [5.74, 6) is 0. The number of rotatable bonds is 3. The Morgan fingerprint density at radius 1 is 1.19 bits per heavy atom. The summed E-state index contributed by atoms with van der Waals surface area (Å²) in [4.78, 5) is 0. The Labute approximate surface area is 135 Å². The molecule has 0 atom stereocenters. The van der Waals surface area contributed by atoms with Crippen LogP contribution in [0.3, 0.4) is 0 Å². The van der Waals surface area contributed by atoms with Gasteiger partial charge >= 0.3 is 6.18 Å². The van der Waals surface area contributed by atoms with E-state index in [9.17, 15) is 21.6 Å². The highest BCUT2D eigenvalue weighted by Crippen LogP contribution is 2.35. The van der Waals surface area contributed by atoms with Crippen LogP contribution in [0, 0.1) is 0 Å². The SMILES string of the molecule is O=S(=O)(Nc1cc(C(F)(F)F)ccc1Cl)c1ccc(Br)s1. The van der Waals surface area contributed by atoms with Crippen LogP contribution in [0.15, 0.2) is 38.3 Å². The molecule has 0 fully saturated rings. The van der Waals surface area contributed by atoms with Crippen molar-refractivity contribution in [2.45, 2.75) is 10.4 Å². The van der Waals surface area contributed by atoms with Crippen LogP contribution in [0.2, 0.25) is 5.02 Å². The van der Waals surface area contributed by atoms with Crippen molar-refractivity contribution in [3.8, 4) is 0 Å².